The Morgan fingerprint density at radius 3 is 2.04 bits per heavy atom. The molecule has 0 unspecified atom stereocenters. The zero-order valence-electron chi connectivity index (χ0n) is 17.3. The smallest absolute Gasteiger partial charge is 0.203 e. The Morgan fingerprint density at radius 2 is 1.46 bits per heavy atom. The zero-order chi connectivity index (χ0) is 19.9. The molecule has 0 spiro atoms. The van der Waals surface area contributed by atoms with Crippen molar-refractivity contribution in [3.8, 4) is 23.0 Å². The molecule has 1 saturated heterocycles. The maximum absolute atomic E-state index is 5.47. The number of hydrogen-bond acceptors (Lipinski definition) is 4. The van der Waals surface area contributed by atoms with Crippen LogP contribution in [-0.4, -0.2) is 61.2 Å². The second kappa shape index (κ2) is 9.66. The topological polar surface area (TPSA) is 45.8 Å². The van der Waals surface area contributed by atoms with E-state index in [-0.39, 0.29) is 0 Å². The maximum atomic E-state index is 5.47. The molecule has 2 aromatic rings. The van der Waals surface area contributed by atoms with Crippen LogP contribution in [0.5, 0.6) is 23.0 Å². The van der Waals surface area contributed by atoms with E-state index in [2.05, 4.69) is 30.3 Å². The third-order valence-electron chi connectivity index (χ3n) is 5.53. The Labute approximate surface area is 167 Å². The van der Waals surface area contributed by atoms with Gasteiger partial charge in [-0.2, -0.15) is 0 Å². The Balaban J connectivity index is 1.57. The summed E-state index contributed by atoms with van der Waals surface area (Å²) in [6.45, 7) is 5.70. The summed E-state index contributed by atoms with van der Waals surface area (Å²) in [6, 6.07) is 12.5. The summed E-state index contributed by atoms with van der Waals surface area (Å²) in [5.41, 5.74) is 2.53. The van der Waals surface area contributed by atoms with Crippen LogP contribution in [0.15, 0.2) is 36.4 Å². The lowest BCUT2D eigenvalue weighted by Crippen LogP contribution is -3.26. The van der Waals surface area contributed by atoms with E-state index in [0.717, 1.165) is 56.4 Å². The highest BCUT2D eigenvalue weighted by atomic mass is 16.5. The number of benzene rings is 2. The van der Waals surface area contributed by atoms with Crippen LogP contribution in [-0.2, 0) is 6.42 Å². The van der Waals surface area contributed by atoms with Crippen molar-refractivity contribution in [2.75, 3.05) is 61.2 Å². The maximum Gasteiger partial charge on any atom is 0.203 e. The number of nitrogens with one attached hydrogen (secondary N) is 2. The van der Waals surface area contributed by atoms with Gasteiger partial charge in [-0.25, -0.2) is 0 Å². The largest absolute Gasteiger partial charge is 0.497 e. The third kappa shape index (κ3) is 4.69. The summed E-state index contributed by atoms with van der Waals surface area (Å²) in [6.07, 6.45) is 0.987. The van der Waals surface area contributed by atoms with Crippen LogP contribution in [0.2, 0.25) is 0 Å². The average molecular weight is 389 g/mol. The normalized spacial score (nSPS) is 19.1. The quantitative estimate of drug-likeness (QED) is 0.686. The van der Waals surface area contributed by atoms with E-state index in [1.54, 1.807) is 33.3 Å². The molecular weight excluding hydrogens is 356 g/mol. The van der Waals surface area contributed by atoms with Gasteiger partial charge in [0.2, 0.25) is 5.75 Å². The van der Waals surface area contributed by atoms with Crippen LogP contribution in [0.1, 0.15) is 5.56 Å². The van der Waals surface area contributed by atoms with E-state index in [1.807, 2.05) is 6.07 Å². The SMILES string of the molecule is COc1cccc([NH+]2CC[NH+](CCc3cc(OC)c(OC)c(OC)c3)CC2)c1. The van der Waals surface area contributed by atoms with E-state index >= 15 is 0 Å². The summed E-state index contributed by atoms with van der Waals surface area (Å²) in [5, 5.41) is 0. The predicted octanol–water partition coefficient (Wildman–Crippen LogP) is 0.379. The molecule has 28 heavy (non-hydrogen) atoms. The molecule has 1 aliphatic rings. The first-order chi connectivity index (χ1) is 13.7. The summed E-state index contributed by atoms with van der Waals surface area (Å²) in [4.78, 5) is 3.18. The molecule has 6 nitrogen and oxygen atoms in total. The second-order valence-corrected chi connectivity index (χ2v) is 7.12. The fourth-order valence-electron chi connectivity index (χ4n) is 3.89. The number of ether oxygens (including phenoxy) is 4. The van der Waals surface area contributed by atoms with Crippen LogP contribution in [0.25, 0.3) is 0 Å². The molecule has 0 aliphatic carbocycles. The van der Waals surface area contributed by atoms with E-state index in [9.17, 15) is 0 Å². The van der Waals surface area contributed by atoms with Crippen LogP contribution in [0.3, 0.4) is 0 Å². The molecule has 0 saturated carbocycles. The van der Waals surface area contributed by atoms with Gasteiger partial charge in [0.25, 0.3) is 0 Å². The monoisotopic (exact) mass is 388 g/mol. The molecule has 3 rings (SSSR count). The molecule has 2 N–H and O–H groups in total. The van der Waals surface area contributed by atoms with Gasteiger partial charge in [-0.15, -0.1) is 0 Å². The van der Waals surface area contributed by atoms with Crippen molar-refractivity contribution in [3.63, 3.8) is 0 Å². The van der Waals surface area contributed by atoms with Gasteiger partial charge in [-0.3, -0.25) is 4.90 Å². The van der Waals surface area contributed by atoms with Crippen LogP contribution < -0.4 is 28.7 Å². The summed E-state index contributed by atoms with van der Waals surface area (Å²) < 4.78 is 21.7. The van der Waals surface area contributed by atoms with Gasteiger partial charge in [0.15, 0.2) is 11.5 Å². The Hall–Kier alpha value is -2.44. The van der Waals surface area contributed by atoms with E-state index in [1.165, 1.54) is 16.2 Å². The van der Waals surface area contributed by atoms with Crippen LogP contribution >= 0.6 is 0 Å². The Kier molecular flexibility index (Phi) is 7.01. The zero-order valence-corrected chi connectivity index (χ0v) is 17.3. The lowest BCUT2D eigenvalue weighted by Gasteiger charge is -2.29. The van der Waals surface area contributed by atoms with Gasteiger partial charge in [0.1, 0.15) is 37.6 Å². The second-order valence-electron chi connectivity index (χ2n) is 7.12. The Bertz CT molecular complexity index is 748. The molecule has 0 atom stereocenters. The third-order valence-corrected chi connectivity index (χ3v) is 5.53. The lowest BCUT2D eigenvalue weighted by atomic mass is 10.1. The van der Waals surface area contributed by atoms with Crippen molar-refractivity contribution in [1.29, 1.82) is 0 Å². The number of piperazine rings is 1. The minimum atomic E-state index is 0.650. The molecule has 1 aliphatic heterocycles. The number of hydrogen-bond donors (Lipinski definition) is 2. The average Bonchev–Trinajstić information content (AvgIpc) is 2.77. The minimum Gasteiger partial charge on any atom is -0.497 e. The fourth-order valence-corrected chi connectivity index (χ4v) is 3.89. The fraction of sp³-hybridized carbons (Fsp3) is 0.455. The van der Waals surface area contributed by atoms with Crippen LogP contribution in [0.4, 0.5) is 5.69 Å². The van der Waals surface area contributed by atoms with Crippen LogP contribution in [0, 0.1) is 0 Å². The lowest BCUT2D eigenvalue weighted by molar-refractivity contribution is -0.986. The van der Waals surface area contributed by atoms with Crippen molar-refractivity contribution in [3.05, 3.63) is 42.0 Å². The highest BCUT2D eigenvalue weighted by Crippen LogP contribution is 2.38. The highest BCUT2D eigenvalue weighted by molar-refractivity contribution is 5.53. The van der Waals surface area contributed by atoms with Crippen molar-refractivity contribution in [2.45, 2.75) is 6.42 Å². The first-order valence-corrected chi connectivity index (χ1v) is 9.80. The van der Waals surface area contributed by atoms with Crippen molar-refractivity contribution in [1.82, 2.24) is 0 Å². The number of rotatable bonds is 8. The summed E-state index contributed by atoms with van der Waals surface area (Å²) >= 11 is 0. The van der Waals surface area contributed by atoms with Gasteiger partial charge in [0, 0.05) is 12.5 Å². The van der Waals surface area contributed by atoms with Crippen molar-refractivity contribution >= 4 is 5.69 Å². The predicted molar refractivity (Wildman–Crippen MR) is 109 cm³/mol. The molecule has 2 aromatic carbocycles. The molecular formula is C22H32N2O4+2. The minimum absolute atomic E-state index is 0.650. The molecule has 0 aromatic heterocycles. The van der Waals surface area contributed by atoms with Crippen molar-refractivity contribution in [2.24, 2.45) is 0 Å². The Morgan fingerprint density at radius 1 is 0.786 bits per heavy atom. The van der Waals surface area contributed by atoms with Gasteiger partial charge in [-0.05, 0) is 29.8 Å². The number of methoxy groups -OCH3 is 4. The van der Waals surface area contributed by atoms with Crippen molar-refractivity contribution < 1.29 is 28.7 Å². The standard InChI is InChI=1S/C22H30N2O4/c1-25-19-7-5-6-18(16-19)24-12-10-23(11-13-24)9-8-17-14-20(26-2)22(28-4)21(15-17)27-3/h5-7,14-16H,8-13H2,1-4H3/p+2. The molecule has 6 heteroatoms. The first-order valence-electron chi connectivity index (χ1n) is 9.80. The molecule has 0 bridgehead atoms. The molecule has 152 valence electrons. The highest BCUT2D eigenvalue weighted by Gasteiger charge is 2.25. The first kappa shape index (κ1) is 20.3. The molecule has 0 radical (unpaired) electrons. The van der Waals surface area contributed by atoms with Gasteiger partial charge < -0.3 is 23.8 Å². The number of quaternary nitrogens is 2. The summed E-state index contributed by atoms with van der Waals surface area (Å²) in [7, 11) is 6.67. The van der Waals surface area contributed by atoms with Gasteiger partial charge >= 0.3 is 0 Å². The van der Waals surface area contributed by atoms with E-state index in [0.29, 0.717) is 5.75 Å². The van der Waals surface area contributed by atoms with Gasteiger partial charge in [-0.1, -0.05) is 6.07 Å². The molecule has 1 fully saturated rings. The van der Waals surface area contributed by atoms with E-state index in [4.69, 9.17) is 18.9 Å². The molecule has 1 heterocycles. The summed E-state index contributed by atoms with van der Waals surface area (Å²) in [5.74, 6) is 3.03. The van der Waals surface area contributed by atoms with Gasteiger partial charge in [0.05, 0.1) is 35.0 Å². The van der Waals surface area contributed by atoms with E-state index < -0.39 is 0 Å². The molecule has 0 amide bonds.